The Hall–Kier alpha value is -4.87. The highest BCUT2D eigenvalue weighted by atomic mass is 19.1. The summed E-state index contributed by atoms with van der Waals surface area (Å²) >= 11 is 0. The number of carbonyl (C=O) groups is 2. The molecule has 0 aliphatic heterocycles. The third kappa shape index (κ3) is 5.22. The van der Waals surface area contributed by atoms with Gasteiger partial charge in [0, 0.05) is 37.0 Å². The molecule has 2 N–H and O–H groups in total. The zero-order valence-electron chi connectivity index (χ0n) is 19.4. The standard InChI is InChI=1S/C25H20F2N6O4/c1-32-22(31-33(25(32)36)17-4-2-3-15(26)11-17)24(35)29-16-7-8-20(19(27)12-16)37-18-9-10-28-21(13-18)30-23(34)14-5-6-14/h2-4,7-14H,5-6H2,1H3,(H,29,35)(H,28,30,34). The molecular formula is C25H20F2N6O4. The molecule has 2 aromatic carbocycles. The van der Waals surface area contributed by atoms with Crippen LogP contribution in [0, 0.1) is 17.6 Å². The van der Waals surface area contributed by atoms with Crippen molar-refractivity contribution in [1.82, 2.24) is 19.3 Å². The van der Waals surface area contributed by atoms with Crippen molar-refractivity contribution in [2.24, 2.45) is 13.0 Å². The molecule has 2 aromatic heterocycles. The largest absolute Gasteiger partial charge is 0.454 e. The van der Waals surface area contributed by atoms with Crippen LogP contribution in [0.2, 0.25) is 0 Å². The first-order valence-corrected chi connectivity index (χ1v) is 11.3. The lowest BCUT2D eigenvalue weighted by Crippen LogP contribution is -2.24. The Morgan fingerprint density at radius 1 is 1.05 bits per heavy atom. The number of hydrogen-bond donors (Lipinski definition) is 2. The van der Waals surface area contributed by atoms with Gasteiger partial charge in [-0.15, -0.1) is 5.10 Å². The SMILES string of the molecule is Cn1c(C(=O)Nc2ccc(Oc3ccnc(NC(=O)C4CC4)c3)c(F)c2)nn(-c2cccc(F)c2)c1=O. The zero-order valence-corrected chi connectivity index (χ0v) is 19.4. The quantitative estimate of drug-likeness (QED) is 0.395. The summed E-state index contributed by atoms with van der Waals surface area (Å²) in [5.41, 5.74) is -0.413. The monoisotopic (exact) mass is 506 g/mol. The molecule has 0 unspecified atom stereocenters. The van der Waals surface area contributed by atoms with E-state index >= 15 is 0 Å². The van der Waals surface area contributed by atoms with Gasteiger partial charge < -0.3 is 15.4 Å². The van der Waals surface area contributed by atoms with Crippen molar-refractivity contribution in [3.8, 4) is 17.2 Å². The van der Waals surface area contributed by atoms with Gasteiger partial charge in [-0.25, -0.2) is 18.6 Å². The number of carbonyl (C=O) groups excluding carboxylic acids is 2. The van der Waals surface area contributed by atoms with Crippen LogP contribution in [-0.4, -0.2) is 31.1 Å². The van der Waals surface area contributed by atoms with Crippen LogP contribution >= 0.6 is 0 Å². The summed E-state index contributed by atoms with van der Waals surface area (Å²) in [6.45, 7) is 0. The Labute approximate surface area is 208 Å². The highest BCUT2D eigenvalue weighted by Crippen LogP contribution is 2.31. The van der Waals surface area contributed by atoms with Gasteiger partial charge in [-0.05, 0) is 49.2 Å². The van der Waals surface area contributed by atoms with Crippen LogP contribution < -0.4 is 21.1 Å². The van der Waals surface area contributed by atoms with Crippen molar-refractivity contribution in [2.75, 3.05) is 10.6 Å². The summed E-state index contributed by atoms with van der Waals surface area (Å²) in [6.07, 6.45) is 3.13. The first-order chi connectivity index (χ1) is 17.8. The van der Waals surface area contributed by atoms with Gasteiger partial charge in [0.05, 0.1) is 5.69 Å². The predicted octanol–water partition coefficient (Wildman–Crippen LogP) is 3.64. The summed E-state index contributed by atoms with van der Waals surface area (Å²) in [6, 6.07) is 12.0. The molecule has 4 aromatic rings. The van der Waals surface area contributed by atoms with Gasteiger partial charge >= 0.3 is 5.69 Å². The molecule has 37 heavy (non-hydrogen) atoms. The number of pyridine rings is 1. The average Bonchev–Trinajstić information content (AvgIpc) is 3.67. The van der Waals surface area contributed by atoms with Gasteiger partial charge in [-0.1, -0.05) is 6.07 Å². The van der Waals surface area contributed by atoms with Crippen molar-refractivity contribution in [3.63, 3.8) is 0 Å². The van der Waals surface area contributed by atoms with Crippen molar-refractivity contribution >= 4 is 23.3 Å². The van der Waals surface area contributed by atoms with Crippen LogP contribution in [0.25, 0.3) is 5.69 Å². The Morgan fingerprint density at radius 3 is 2.59 bits per heavy atom. The molecule has 5 rings (SSSR count). The van der Waals surface area contributed by atoms with E-state index < -0.39 is 23.2 Å². The second kappa shape index (κ2) is 9.64. The number of rotatable bonds is 7. The van der Waals surface area contributed by atoms with Gasteiger partial charge in [0.2, 0.25) is 11.7 Å². The Bertz CT molecular complexity index is 1580. The van der Waals surface area contributed by atoms with Crippen LogP contribution in [0.1, 0.15) is 23.5 Å². The molecule has 10 nitrogen and oxygen atoms in total. The highest BCUT2D eigenvalue weighted by molar-refractivity contribution is 6.01. The Balaban J connectivity index is 1.29. The van der Waals surface area contributed by atoms with Gasteiger partial charge in [0.1, 0.15) is 17.4 Å². The molecule has 0 spiro atoms. The topological polar surface area (TPSA) is 120 Å². The molecule has 2 amide bonds. The van der Waals surface area contributed by atoms with E-state index in [1.165, 1.54) is 55.7 Å². The maximum atomic E-state index is 14.7. The van der Waals surface area contributed by atoms with Gasteiger partial charge in [0.25, 0.3) is 5.91 Å². The maximum absolute atomic E-state index is 14.7. The van der Waals surface area contributed by atoms with E-state index in [9.17, 15) is 23.2 Å². The number of halogens is 2. The van der Waals surface area contributed by atoms with Crippen LogP contribution in [0.3, 0.4) is 0 Å². The maximum Gasteiger partial charge on any atom is 0.350 e. The summed E-state index contributed by atoms with van der Waals surface area (Å²) in [4.78, 5) is 41.2. The fraction of sp³-hybridized carbons (Fsp3) is 0.160. The predicted molar refractivity (Wildman–Crippen MR) is 129 cm³/mol. The molecule has 1 aliphatic carbocycles. The fourth-order valence-electron chi connectivity index (χ4n) is 3.50. The number of nitrogens with one attached hydrogen (secondary N) is 2. The first-order valence-electron chi connectivity index (χ1n) is 11.3. The molecule has 1 fully saturated rings. The number of ether oxygens (including phenoxy) is 1. The average molecular weight is 506 g/mol. The Kier molecular flexibility index (Phi) is 6.22. The van der Waals surface area contributed by atoms with E-state index in [0.717, 1.165) is 34.2 Å². The summed E-state index contributed by atoms with van der Waals surface area (Å²) in [7, 11) is 1.34. The van der Waals surface area contributed by atoms with Gasteiger partial charge in [0.15, 0.2) is 11.6 Å². The van der Waals surface area contributed by atoms with Crippen LogP contribution in [-0.2, 0) is 11.8 Å². The van der Waals surface area contributed by atoms with Gasteiger partial charge in [-0.3, -0.25) is 14.2 Å². The normalized spacial score (nSPS) is 12.7. The van der Waals surface area contributed by atoms with Gasteiger partial charge in [-0.2, -0.15) is 4.68 Å². The molecular weight excluding hydrogens is 486 g/mol. The molecule has 0 bridgehead atoms. The second-order valence-electron chi connectivity index (χ2n) is 8.40. The molecule has 0 radical (unpaired) electrons. The van der Waals surface area contributed by atoms with Crippen molar-refractivity contribution in [1.29, 1.82) is 0 Å². The molecule has 0 saturated heterocycles. The zero-order chi connectivity index (χ0) is 26.1. The summed E-state index contributed by atoms with van der Waals surface area (Å²) < 4.78 is 35.8. The van der Waals surface area contributed by atoms with E-state index in [4.69, 9.17) is 4.74 Å². The molecule has 0 atom stereocenters. The van der Waals surface area contributed by atoms with E-state index in [0.29, 0.717) is 5.82 Å². The number of nitrogens with zero attached hydrogens (tertiary/aromatic N) is 4. The number of hydrogen-bond acceptors (Lipinski definition) is 6. The number of anilines is 2. The van der Waals surface area contributed by atoms with Crippen LogP contribution in [0.5, 0.6) is 11.5 Å². The van der Waals surface area contributed by atoms with Crippen LogP contribution in [0.15, 0.2) is 65.6 Å². The fourth-order valence-corrected chi connectivity index (χ4v) is 3.50. The minimum atomic E-state index is -0.770. The molecule has 2 heterocycles. The van der Waals surface area contributed by atoms with E-state index in [1.807, 2.05) is 0 Å². The number of benzene rings is 2. The molecule has 1 aliphatic rings. The lowest BCUT2D eigenvalue weighted by atomic mass is 10.2. The number of aromatic nitrogens is 4. The first kappa shape index (κ1) is 23.9. The van der Waals surface area contributed by atoms with E-state index in [1.54, 1.807) is 0 Å². The minimum absolute atomic E-state index is 0.00378. The molecule has 12 heteroatoms. The highest BCUT2D eigenvalue weighted by Gasteiger charge is 2.29. The van der Waals surface area contributed by atoms with Crippen molar-refractivity contribution < 1.29 is 23.1 Å². The van der Waals surface area contributed by atoms with Crippen molar-refractivity contribution in [2.45, 2.75) is 12.8 Å². The van der Waals surface area contributed by atoms with Crippen molar-refractivity contribution in [3.05, 3.63) is 88.7 Å². The lowest BCUT2D eigenvalue weighted by Gasteiger charge is -2.10. The Morgan fingerprint density at radius 2 is 1.86 bits per heavy atom. The van der Waals surface area contributed by atoms with E-state index in [2.05, 4.69) is 20.7 Å². The third-order valence-corrected chi connectivity index (χ3v) is 5.58. The molecule has 188 valence electrons. The third-order valence-electron chi connectivity index (χ3n) is 5.58. The minimum Gasteiger partial charge on any atom is -0.454 e. The van der Waals surface area contributed by atoms with Crippen LogP contribution in [0.4, 0.5) is 20.3 Å². The second-order valence-corrected chi connectivity index (χ2v) is 8.40. The van der Waals surface area contributed by atoms with E-state index in [-0.39, 0.29) is 40.5 Å². The smallest absolute Gasteiger partial charge is 0.350 e. The number of amides is 2. The summed E-state index contributed by atoms with van der Waals surface area (Å²) in [5.74, 6) is -2.04. The summed E-state index contributed by atoms with van der Waals surface area (Å²) in [5, 5.41) is 9.16. The molecule has 1 saturated carbocycles. The lowest BCUT2D eigenvalue weighted by molar-refractivity contribution is -0.117.